The van der Waals surface area contributed by atoms with Crippen LogP contribution in [0.15, 0.2) is 27.6 Å². The number of sulfonamides is 1. The molecule has 0 saturated heterocycles. The summed E-state index contributed by atoms with van der Waals surface area (Å²) in [6.07, 6.45) is 0. The third-order valence-corrected chi connectivity index (χ3v) is 5.57. The molecule has 1 aromatic rings. The number of hydrogen-bond donors (Lipinski definition) is 0. The largest absolute Gasteiger partial charge is 0.243 e. The molecule has 0 radical (unpaired) electrons. The van der Waals surface area contributed by atoms with Crippen molar-refractivity contribution in [3.63, 3.8) is 0 Å². The Morgan fingerprint density at radius 1 is 1.39 bits per heavy atom. The fraction of sp³-hybridized carbons (Fsp3) is 0.500. The topological polar surface area (TPSA) is 37.4 Å². The molecule has 0 aromatic heterocycles. The molecule has 0 amide bonds. The average molecular weight is 355 g/mol. The Bertz CT molecular complexity index is 517. The summed E-state index contributed by atoms with van der Waals surface area (Å²) in [4.78, 5) is 0.277. The summed E-state index contributed by atoms with van der Waals surface area (Å²) in [7, 11) is -1.85. The maximum atomic E-state index is 12.4. The highest BCUT2D eigenvalue weighted by Gasteiger charge is 2.23. The Balaban J connectivity index is 3.12. The molecular formula is C12H17BrClNO2S. The van der Waals surface area contributed by atoms with Crippen LogP contribution in [0.1, 0.15) is 19.4 Å². The van der Waals surface area contributed by atoms with Gasteiger partial charge < -0.3 is 0 Å². The highest BCUT2D eigenvalue weighted by Crippen LogP contribution is 2.26. The van der Waals surface area contributed by atoms with Crippen LogP contribution < -0.4 is 0 Å². The fourth-order valence-corrected chi connectivity index (χ4v) is 4.20. The van der Waals surface area contributed by atoms with Crippen LogP contribution in [0.2, 0.25) is 0 Å². The Labute approximate surface area is 122 Å². The Hall–Kier alpha value is -0.100. The van der Waals surface area contributed by atoms with E-state index in [0.29, 0.717) is 16.9 Å². The number of hydrogen-bond acceptors (Lipinski definition) is 2. The minimum atomic E-state index is -3.45. The van der Waals surface area contributed by atoms with Gasteiger partial charge in [-0.3, -0.25) is 0 Å². The number of nitrogens with zero attached hydrogens (tertiary/aromatic N) is 1. The Kier molecular flexibility index (Phi) is 5.65. The molecule has 0 aliphatic heterocycles. The van der Waals surface area contributed by atoms with E-state index in [-0.39, 0.29) is 10.8 Å². The van der Waals surface area contributed by atoms with Gasteiger partial charge in [-0.25, -0.2) is 12.7 Å². The maximum absolute atomic E-state index is 12.4. The second kappa shape index (κ2) is 6.37. The Morgan fingerprint density at radius 3 is 2.44 bits per heavy atom. The first-order valence-electron chi connectivity index (χ1n) is 5.59. The minimum absolute atomic E-state index is 0.277. The summed E-state index contributed by atoms with van der Waals surface area (Å²) in [6, 6.07) is 5.06. The van der Waals surface area contributed by atoms with E-state index >= 15 is 0 Å². The lowest BCUT2D eigenvalue weighted by Gasteiger charge is -2.20. The van der Waals surface area contributed by atoms with Crippen molar-refractivity contribution in [1.29, 1.82) is 0 Å². The zero-order chi connectivity index (χ0) is 13.9. The molecular weight excluding hydrogens is 338 g/mol. The molecule has 3 nitrogen and oxygen atoms in total. The highest BCUT2D eigenvalue weighted by atomic mass is 79.9. The first kappa shape index (κ1) is 16.0. The van der Waals surface area contributed by atoms with Crippen LogP contribution in [0.4, 0.5) is 0 Å². The van der Waals surface area contributed by atoms with E-state index < -0.39 is 10.0 Å². The molecule has 1 aromatic carbocycles. The van der Waals surface area contributed by atoms with Crippen LogP contribution in [-0.2, 0) is 15.9 Å². The lowest BCUT2D eigenvalue weighted by molar-refractivity contribution is 0.417. The van der Waals surface area contributed by atoms with E-state index in [4.69, 9.17) is 11.6 Å². The molecule has 0 atom stereocenters. The molecule has 0 bridgehead atoms. The van der Waals surface area contributed by atoms with E-state index in [1.54, 1.807) is 25.2 Å². The second-order valence-corrected chi connectivity index (χ2v) is 7.71. The Morgan fingerprint density at radius 2 is 2.00 bits per heavy atom. The molecule has 0 heterocycles. The van der Waals surface area contributed by atoms with Crippen molar-refractivity contribution < 1.29 is 8.42 Å². The molecule has 0 N–H and O–H groups in total. The summed E-state index contributed by atoms with van der Waals surface area (Å²) >= 11 is 9.01. The van der Waals surface area contributed by atoms with E-state index in [0.717, 1.165) is 5.56 Å². The molecule has 0 unspecified atom stereocenters. The number of alkyl halides is 1. The van der Waals surface area contributed by atoms with Gasteiger partial charge in [0.05, 0.1) is 4.90 Å². The van der Waals surface area contributed by atoms with E-state index in [9.17, 15) is 8.42 Å². The third kappa shape index (κ3) is 3.70. The molecule has 0 saturated carbocycles. The maximum Gasteiger partial charge on any atom is 0.243 e. The molecule has 102 valence electrons. The zero-order valence-electron chi connectivity index (χ0n) is 10.7. The molecule has 6 heteroatoms. The molecule has 0 aliphatic rings. The number of benzene rings is 1. The van der Waals surface area contributed by atoms with Gasteiger partial charge in [0.25, 0.3) is 0 Å². The van der Waals surface area contributed by atoms with Gasteiger partial charge >= 0.3 is 0 Å². The van der Waals surface area contributed by atoms with Gasteiger partial charge in [0.2, 0.25) is 10.0 Å². The van der Waals surface area contributed by atoms with Crippen molar-refractivity contribution in [2.75, 3.05) is 13.6 Å². The van der Waals surface area contributed by atoms with E-state index in [1.165, 1.54) is 4.31 Å². The normalized spacial score (nSPS) is 12.4. The zero-order valence-corrected chi connectivity index (χ0v) is 13.8. The quantitative estimate of drug-likeness (QED) is 0.759. The van der Waals surface area contributed by atoms with Gasteiger partial charge in [-0.15, -0.1) is 11.6 Å². The predicted octanol–water partition coefficient (Wildman–Crippen LogP) is 3.46. The second-order valence-electron chi connectivity index (χ2n) is 4.58. The number of rotatable bonds is 5. The monoisotopic (exact) mass is 353 g/mol. The van der Waals surface area contributed by atoms with Gasteiger partial charge in [-0.05, 0) is 39.5 Å². The van der Waals surface area contributed by atoms with Gasteiger partial charge in [-0.1, -0.05) is 19.9 Å². The first-order valence-corrected chi connectivity index (χ1v) is 8.36. The van der Waals surface area contributed by atoms with Crippen molar-refractivity contribution in [2.45, 2.75) is 24.6 Å². The summed E-state index contributed by atoms with van der Waals surface area (Å²) < 4.78 is 26.6. The summed E-state index contributed by atoms with van der Waals surface area (Å²) in [5.41, 5.74) is 0.883. The van der Waals surface area contributed by atoms with Crippen LogP contribution in [0.5, 0.6) is 0 Å². The van der Waals surface area contributed by atoms with Gasteiger partial charge in [-0.2, -0.15) is 0 Å². The van der Waals surface area contributed by atoms with Gasteiger partial charge in [0.1, 0.15) is 0 Å². The van der Waals surface area contributed by atoms with Gasteiger partial charge in [0, 0.05) is 23.9 Å². The summed E-state index contributed by atoms with van der Waals surface area (Å²) in [6.45, 7) is 4.46. The van der Waals surface area contributed by atoms with Crippen LogP contribution in [0.3, 0.4) is 0 Å². The van der Waals surface area contributed by atoms with Crippen molar-refractivity contribution in [1.82, 2.24) is 4.31 Å². The summed E-state index contributed by atoms with van der Waals surface area (Å²) in [5.74, 6) is 0.645. The molecule has 18 heavy (non-hydrogen) atoms. The summed E-state index contributed by atoms with van der Waals surface area (Å²) in [5, 5.41) is 0. The van der Waals surface area contributed by atoms with Crippen LogP contribution in [-0.4, -0.2) is 26.3 Å². The van der Waals surface area contributed by atoms with Crippen molar-refractivity contribution in [2.24, 2.45) is 5.92 Å². The van der Waals surface area contributed by atoms with Crippen molar-refractivity contribution in [3.8, 4) is 0 Å². The van der Waals surface area contributed by atoms with Crippen LogP contribution >= 0.6 is 27.5 Å². The predicted molar refractivity (Wildman–Crippen MR) is 78.4 cm³/mol. The highest BCUT2D eigenvalue weighted by molar-refractivity contribution is 9.10. The van der Waals surface area contributed by atoms with E-state index in [1.807, 2.05) is 13.8 Å². The molecule has 1 rings (SSSR count). The standard InChI is InChI=1S/C12H17BrClNO2S/c1-9(2)8-15(3)18(16,17)12-5-4-10(7-14)6-11(12)13/h4-6,9H,7-8H2,1-3H3. The third-order valence-electron chi connectivity index (χ3n) is 2.46. The van der Waals surface area contributed by atoms with Crippen molar-refractivity contribution >= 4 is 37.6 Å². The molecule has 0 spiro atoms. The lowest BCUT2D eigenvalue weighted by Crippen LogP contribution is -2.30. The van der Waals surface area contributed by atoms with E-state index in [2.05, 4.69) is 15.9 Å². The molecule has 0 fully saturated rings. The van der Waals surface area contributed by atoms with Crippen LogP contribution in [0.25, 0.3) is 0 Å². The van der Waals surface area contributed by atoms with Crippen molar-refractivity contribution in [3.05, 3.63) is 28.2 Å². The van der Waals surface area contributed by atoms with Crippen LogP contribution in [0, 0.1) is 5.92 Å². The fourth-order valence-electron chi connectivity index (χ4n) is 1.62. The van der Waals surface area contributed by atoms with Gasteiger partial charge in [0.15, 0.2) is 0 Å². The first-order chi connectivity index (χ1) is 8.28. The lowest BCUT2D eigenvalue weighted by atomic mass is 10.2. The SMILES string of the molecule is CC(C)CN(C)S(=O)(=O)c1ccc(CCl)cc1Br. The smallest absolute Gasteiger partial charge is 0.207 e. The average Bonchev–Trinajstić information content (AvgIpc) is 2.27. The minimum Gasteiger partial charge on any atom is -0.207 e. The molecule has 0 aliphatic carbocycles. The number of halogens is 2.